The van der Waals surface area contributed by atoms with Crippen molar-refractivity contribution in [1.82, 2.24) is 19.7 Å². The molecular weight excluding hydrogens is 468 g/mol. The van der Waals surface area contributed by atoms with Gasteiger partial charge in [-0.25, -0.2) is 4.98 Å². The van der Waals surface area contributed by atoms with Crippen LogP contribution in [0.2, 0.25) is 5.02 Å². The van der Waals surface area contributed by atoms with Crippen LogP contribution in [0.4, 0.5) is 11.5 Å². The molecule has 1 amide bonds. The summed E-state index contributed by atoms with van der Waals surface area (Å²) >= 11 is 7.57. The van der Waals surface area contributed by atoms with E-state index in [-0.39, 0.29) is 39.5 Å². The van der Waals surface area contributed by atoms with Crippen molar-refractivity contribution in [2.45, 2.75) is 19.8 Å². The number of amides is 1. The SMILES string of the molecule is CC(C)c1cc(=O)[nH]c(-n2nc(-c3cccs3)cc2NC(=O)c2cc([N+](=O)[O-])ccc2Cl)n1. The molecule has 0 saturated carbocycles. The maximum Gasteiger partial charge on any atom is 0.270 e. The summed E-state index contributed by atoms with van der Waals surface area (Å²) in [6.45, 7) is 3.80. The Morgan fingerprint density at radius 1 is 1.27 bits per heavy atom. The number of nitrogens with one attached hydrogen (secondary N) is 2. The second-order valence-electron chi connectivity index (χ2n) is 7.33. The molecule has 10 nitrogen and oxygen atoms in total. The van der Waals surface area contributed by atoms with Crippen LogP contribution in [-0.2, 0) is 0 Å². The second-order valence-corrected chi connectivity index (χ2v) is 8.68. The van der Waals surface area contributed by atoms with E-state index < -0.39 is 10.8 Å². The Labute approximate surface area is 196 Å². The number of carbonyl (C=O) groups is 1. The number of benzene rings is 1. The molecule has 4 rings (SSSR count). The van der Waals surface area contributed by atoms with Gasteiger partial charge in [0.15, 0.2) is 0 Å². The van der Waals surface area contributed by atoms with E-state index in [1.165, 1.54) is 34.2 Å². The number of aromatic amines is 1. The predicted octanol–water partition coefficient (Wildman–Crippen LogP) is 4.62. The summed E-state index contributed by atoms with van der Waals surface area (Å²) in [6, 6.07) is 10.3. The zero-order valence-electron chi connectivity index (χ0n) is 17.4. The lowest BCUT2D eigenvalue weighted by molar-refractivity contribution is -0.384. The third kappa shape index (κ3) is 4.69. The van der Waals surface area contributed by atoms with E-state index >= 15 is 0 Å². The smallest absolute Gasteiger partial charge is 0.270 e. The third-order valence-corrected chi connectivity index (χ3v) is 5.89. The highest BCUT2D eigenvalue weighted by atomic mass is 35.5. The number of hydrogen-bond acceptors (Lipinski definition) is 7. The van der Waals surface area contributed by atoms with Crippen LogP contribution in [0, 0.1) is 10.1 Å². The van der Waals surface area contributed by atoms with E-state index in [2.05, 4.69) is 20.4 Å². The number of aromatic nitrogens is 4. The van der Waals surface area contributed by atoms with Gasteiger partial charge in [0.1, 0.15) is 11.5 Å². The zero-order chi connectivity index (χ0) is 23.7. The van der Waals surface area contributed by atoms with E-state index in [0.29, 0.717) is 11.4 Å². The van der Waals surface area contributed by atoms with Crippen molar-refractivity contribution in [3.63, 3.8) is 0 Å². The Bertz CT molecular complexity index is 1410. The lowest BCUT2D eigenvalue weighted by Gasteiger charge is -2.11. The van der Waals surface area contributed by atoms with Gasteiger partial charge in [0.2, 0.25) is 5.95 Å². The number of H-pyrrole nitrogens is 1. The molecule has 168 valence electrons. The van der Waals surface area contributed by atoms with Crippen LogP contribution in [0.25, 0.3) is 16.5 Å². The van der Waals surface area contributed by atoms with Gasteiger partial charge in [0.25, 0.3) is 17.2 Å². The number of non-ortho nitro benzene ring substituents is 1. The fourth-order valence-corrected chi connectivity index (χ4v) is 3.90. The topological polar surface area (TPSA) is 136 Å². The average molecular weight is 485 g/mol. The van der Waals surface area contributed by atoms with E-state index in [9.17, 15) is 19.7 Å². The molecule has 0 atom stereocenters. The minimum Gasteiger partial charge on any atom is -0.306 e. The number of hydrogen-bond donors (Lipinski definition) is 2. The molecule has 0 aliphatic rings. The van der Waals surface area contributed by atoms with Crippen molar-refractivity contribution in [3.05, 3.63) is 84.6 Å². The maximum absolute atomic E-state index is 13.0. The molecular formula is C21H17ClN6O4S. The van der Waals surface area contributed by atoms with Crippen molar-refractivity contribution < 1.29 is 9.72 Å². The Hall–Kier alpha value is -3.83. The minimum absolute atomic E-state index is 0.0138. The van der Waals surface area contributed by atoms with Gasteiger partial charge in [-0.05, 0) is 23.4 Å². The zero-order valence-corrected chi connectivity index (χ0v) is 19.0. The molecule has 0 fully saturated rings. The van der Waals surface area contributed by atoms with Gasteiger partial charge >= 0.3 is 0 Å². The highest BCUT2D eigenvalue weighted by Gasteiger charge is 2.21. The lowest BCUT2D eigenvalue weighted by atomic mass is 10.1. The third-order valence-electron chi connectivity index (χ3n) is 4.67. The molecule has 0 unspecified atom stereocenters. The maximum atomic E-state index is 13.0. The van der Waals surface area contributed by atoms with Crippen LogP contribution in [0.3, 0.4) is 0 Å². The Kier molecular flexibility index (Phi) is 6.07. The van der Waals surface area contributed by atoms with Gasteiger partial charge in [-0.2, -0.15) is 9.78 Å². The Morgan fingerprint density at radius 2 is 2.06 bits per heavy atom. The number of nitrogens with zero attached hydrogens (tertiary/aromatic N) is 4. The molecule has 33 heavy (non-hydrogen) atoms. The molecule has 3 heterocycles. The van der Waals surface area contributed by atoms with Crippen molar-refractivity contribution in [3.8, 4) is 16.5 Å². The fourth-order valence-electron chi connectivity index (χ4n) is 3.02. The van der Waals surface area contributed by atoms with Crippen LogP contribution in [0.5, 0.6) is 0 Å². The summed E-state index contributed by atoms with van der Waals surface area (Å²) in [5.41, 5.74) is 0.390. The van der Waals surface area contributed by atoms with Crippen molar-refractivity contribution >= 4 is 40.4 Å². The second kappa shape index (κ2) is 8.96. The first kappa shape index (κ1) is 22.4. The summed E-state index contributed by atoms with van der Waals surface area (Å²) in [5.74, 6) is -0.366. The molecule has 0 aliphatic heterocycles. The number of rotatable bonds is 6. The summed E-state index contributed by atoms with van der Waals surface area (Å²) in [6.07, 6.45) is 0. The fraction of sp³-hybridized carbons (Fsp3) is 0.143. The van der Waals surface area contributed by atoms with E-state index in [4.69, 9.17) is 11.6 Å². The van der Waals surface area contributed by atoms with Gasteiger partial charge in [-0.3, -0.25) is 24.7 Å². The molecule has 4 aromatic rings. The molecule has 1 aromatic carbocycles. The summed E-state index contributed by atoms with van der Waals surface area (Å²) in [4.78, 5) is 43.7. The minimum atomic E-state index is -0.676. The average Bonchev–Trinajstić information content (AvgIpc) is 3.43. The lowest BCUT2D eigenvalue weighted by Crippen LogP contribution is -2.20. The molecule has 2 N–H and O–H groups in total. The molecule has 3 aromatic heterocycles. The van der Waals surface area contributed by atoms with E-state index in [1.54, 1.807) is 6.07 Å². The number of thiophene rings is 1. The van der Waals surface area contributed by atoms with Gasteiger partial charge < -0.3 is 5.32 Å². The Morgan fingerprint density at radius 3 is 2.73 bits per heavy atom. The molecule has 0 radical (unpaired) electrons. The Balaban J connectivity index is 1.80. The van der Waals surface area contributed by atoms with Crippen molar-refractivity contribution in [2.24, 2.45) is 0 Å². The van der Waals surface area contributed by atoms with E-state index in [0.717, 1.165) is 10.9 Å². The summed E-state index contributed by atoms with van der Waals surface area (Å²) in [5, 5.41) is 20.2. The standard InChI is InChI=1S/C21H17ClN6O4S/c1-11(2)15-10-19(29)25-21(23-15)27-18(9-16(26-27)17-4-3-7-33-17)24-20(30)13-8-12(28(31)32)5-6-14(13)22/h3-11H,1-2H3,(H,24,30)(H,23,25,29). The van der Waals surface area contributed by atoms with Crippen molar-refractivity contribution in [1.29, 1.82) is 0 Å². The van der Waals surface area contributed by atoms with Crippen LogP contribution < -0.4 is 10.9 Å². The quantitative estimate of drug-likeness (QED) is 0.302. The van der Waals surface area contributed by atoms with Gasteiger partial charge in [0, 0.05) is 24.3 Å². The summed E-state index contributed by atoms with van der Waals surface area (Å²) < 4.78 is 1.31. The first-order valence-corrected chi connectivity index (χ1v) is 11.0. The number of nitro groups is 1. The normalized spacial score (nSPS) is 11.0. The monoisotopic (exact) mass is 484 g/mol. The highest BCUT2D eigenvalue weighted by Crippen LogP contribution is 2.29. The number of anilines is 1. The van der Waals surface area contributed by atoms with Crippen LogP contribution in [0.1, 0.15) is 35.8 Å². The van der Waals surface area contributed by atoms with Crippen LogP contribution >= 0.6 is 22.9 Å². The first-order chi connectivity index (χ1) is 15.7. The number of carbonyl (C=O) groups excluding carboxylic acids is 1. The van der Waals surface area contributed by atoms with E-state index in [1.807, 2.05) is 31.4 Å². The van der Waals surface area contributed by atoms with Crippen molar-refractivity contribution in [2.75, 3.05) is 5.32 Å². The first-order valence-electron chi connectivity index (χ1n) is 9.74. The molecule has 0 bridgehead atoms. The predicted molar refractivity (Wildman–Crippen MR) is 125 cm³/mol. The van der Waals surface area contributed by atoms with Gasteiger partial charge in [-0.15, -0.1) is 11.3 Å². The number of halogens is 1. The highest BCUT2D eigenvalue weighted by molar-refractivity contribution is 7.13. The van der Waals surface area contributed by atoms with Gasteiger partial charge in [-0.1, -0.05) is 31.5 Å². The van der Waals surface area contributed by atoms with Crippen LogP contribution in [-0.4, -0.2) is 30.6 Å². The van der Waals surface area contributed by atoms with Crippen LogP contribution in [0.15, 0.2) is 52.6 Å². The molecule has 0 aliphatic carbocycles. The molecule has 0 saturated heterocycles. The molecule has 0 spiro atoms. The molecule has 12 heteroatoms. The summed E-state index contributed by atoms with van der Waals surface area (Å²) in [7, 11) is 0. The largest absolute Gasteiger partial charge is 0.306 e. The van der Waals surface area contributed by atoms with Gasteiger partial charge in [0.05, 0.1) is 26.1 Å². The number of nitro benzene ring substituents is 1.